The van der Waals surface area contributed by atoms with Crippen molar-refractivity contribution >= 4 is 33.7 Å². The fourth-order valence-electron chi connectivity index (χ4n) is 4.13. The van der Waals surface area contributed by atoms with Crippen molar-refractivity contribution in [3.63, 3.8) is 0 Å². The molecule has 9 nitrogen and oxygen atoms in total. The Labute approximate surface area is 173 Å². The van der Waals surface area contributed by atoms with Crippen LogP contribution in [-0.2, 0) is 11.3 Å². The maximum atomic E-state index is 12.7. The fraction of sp³-hybridized carbons (Fsp3) is 0.381. The molecule has 0 bridgehead atoms. The zero-order valence-electron chi connectivity index (χ0n) is 17.1. The first-order valence-electron chi connectivity index (χ1n) is 10.1. The molecule has 0 spiro atoms. The molecule has 1 aliphatic rings. The molecule has 156 valence electrons. The number of aryl methyl sites for hydroxylation is 1. The average Bonchev–Trinajstić information content (AvgIpc) is 3.01. The van der Waals surface area contributed by atoms with E-state index >= 15 is 0 Å². The van der Waals surface area contributed by atoms with Crippen molar-refractivity contribution < 1.29 is 9.72 Å². The standard InChI is InChI=1S/C21H24N6O3/c1-14-21(27(29)30)15(2)26(24-14)13-20(28)23-18-6-7-19(25-10-4-3-5-11-25)16-8-9-22-12-17(16)18/h6-9,12H,3-5,10-11,13H2,1-2H3,(H,23,28). The molecule has 0 radical (unpaired) electrons. The van der Waals surface area contributed by atoms with E-state index in [1.54, 1.807) is 26.2 Å². The van der Waals surface area contributed by atoms with Gasteiger partial charge in [0.25, 0.3) is 0 Å². The van der Waals surface area contributed by atoms with E-state index < -0.39 is 4.92 Å². The van der Waals surface area contributed by atoms with Gasteiger partial charge in [0.15, 0.2) is 0 Å². The third kappa shape index (κ3) is 3.70. The number of anilines is 2. The monoisotopic (exact) mass is 408 g/mol. The lowest BCUT2D eigenvalue weighted by atomic mass is 10.1. The van der Waals surface area contributed by atoms with Crippen molar-refractivity contribution in [1.82, 2.24) is 14.8 Å². The molecule has 3 aromatic rings. The maximum absolute atomic E-state index is 12.7. The SMILES string of the molecule is Cc1nn(CC(=O)Nc2ccc(N3CCCCC3)c3ccncc23)c(C)c1[N+](=O)[O-]. The van der Waals surface area contributed by atoms with Crippen LogP contribution in [0, 0.1) is 24.0 Å². The smallest absolute Gasteiger partial charge is 0.312 e. The zero-order chi connectivity index (χ0) is 21.3. The van der Waals surface area contributed by atoms with Crippen LogP contribution in [0.4, 0.5) is 17.1 Å². The highest BCUT2D eigenvalue weighted by Gasteiger charge is 2.23. The Morgan fingerprint density at radius 2 is 1.93 bits per heavy atom. The van der Waals surface area contributed by atoms with Gasteiger partial charge in [-0.15, -0.1) is 0 Å². The van der Waals surface area contributed by atoms with E-state index in [1.165, 1.54) is 23.9 Å². The molecule has 1 fully saturated rings. The molecule has 30 heavy (non-hydrogen) atoms. The number of carbonyl (C=O) groups excluding carboxylic acids is 1. The van der Waals surface area contributed by atoms with E-state index in [-0.39, 0.29) is 18.1 Å². The highest BCUT2D eigenvalue weighted by atomic mass is 16.6. The highest BCUT2D eigenvalue weighted by Crippen LogP contribution is 2.33. The van der Waals surface area contributed by atoms with E-state index in [0.29, 0.717) is 17.1 Å². The van der Waals surface area contributed by atoms with E-state index in [1.807, 2.05) is 18.2 Å². The van der Waals surface area contributed by atoms with Gasteiger partial charge in [-0.25, -0.2) is 0 Å². The first-order chi connectivity index (χ1) is 14.5. The van der Waals surface area contributed by atoms with Crippen LogP contribution in [-0.4, -0.2) is 38.7 Å². The van der Waals surface area contributed by atoms with Crippen LogP contribution in [0.5, 0.6) is 0 Å². The lowest BCUT2D eigenvalue weighted by Crippen LogP contribution is -2.29. The molecule has 1 saturated heterocycles. The normalized spacial score (nSPS) is 14.1. The second kappa shape index (κ2) is 8.10. The number of hydrogen-bond acceptors (Lipinski definition) is 6. The Kier molecular flexibility index (Phi) is 5.35. The lowest BCUT2D eigenvalue weighted by Gasteiger charge is -2.30. The number of nitrogens with one attached hydrogen (secondary N) is 1. The Morgan fingerprint density at radius 1 is 1.17 bits per heavy atom. The van der Waals surface area contributed by atoms with Gasteiger partial charge < -0.3 is 10.2 Å². The summed E-state index contributed by atoms with van der Waals surface area (Å²) < 4.78 is 1.37. The Morgan fingerprint density at radius 3 is 2.63 bits per heavy atom. The third-order valence-electron chi connectivity index (χ3n) is 5.59. The fourth-order valence-corrected chi connectivity index (χ4v) is 4.13. The van der Waals surface area contributed by atoms with E-state index in [0.717, 1.165) is 29.5 Å². The first kappa shape index (κ1) is 19.8. The van der Waals surface area contributed by atoms with Crippen molar-refractivity contribution in [2.24, 2.45) is 0 Å². The molecule has 0 aliphatic carbocycles. The van der Waals surface area contributed by atoms with Crippen molar-refractivity contribution in [3.05, 3.63) is 52.1 Å². The Bertz CT molecular complexity index is 1120. The van der Waals surface area contributed by atoms with E-state index in [9.17, 15) is 14.9 Å². The molecule has 0 saturated carbocycles. The number of aromatic nitrogens is 3. The molecule has 2 aromatic heterocycles. The molecule has 1 aromatic carbocycles. The molecule has 1 amide bonds. The van der Waals surface area contributed by atoms with Crippen LogP contribution in [0.25, 0.3) is 10.8 Å². The van der Waals surface area contributed by atoms with Gasteiger partial charge in [-0.2, -0.15) is 5.10 Å². The average molecular weight is 408 g/mol. The van der Waals surface area contributed by atoms with Crippen LogP contribution in [0.15, 0.2) is 30.6 Å². The van der Waals surface area contributed by atoms with Gasteiger partial charge in [0, 0.05) is 41.9 Å². The summed E-state index contributed by atoms with van der Waals surface area (Å²) in [5.74, 6) is -0.300. The minimum Gasteiger partial charge on any atom is -0.371 e. The number of pyridine rings is 1. The first-order valence-corrected chi connectivity index (χ1v) is 10.1. The summed E-state index contributed by atoms with van der Waals surface area (Å²) in [6, 6.07) is 5.91. The van der Waals surface area contributed by atoms with Crippen LogP contribution in [0.1, 0.15) is 30.7 Å². The van der Waals surface area contributed by atoms with Gasteiger partial charge in [0.05, 0.1) is 10.6 Å². The minimum absolute atomic E-state index is 0.0525. The summed E-state index contributed by atoms with van der Waals surface area (Å²) in [7, 11) is 0. The summed E-state index contributed by atoms with van der Waals surface area (Å²) >= 11 is 0. The zero-order valence-corrected chi connectivity index (χ0v) is 17.1. The van der Waals surface area contributed by atoms with E-state index in [4.69, 9.17) is 0 Å². The number of benzene rings is 1. The second-order valence-corrected chi connectivity index (χ2v) is 7.58. The van der Waals surface area contributed by atoms with Crippen LogP contribution in [0.2, 0.25) is 0 Å². The van der Waals surface area contributed by atoms with Crippen LogP contribution >= 0.6 is 0 Å². The number of piperidine rings is 1. The molecular formula is C21H24N6O3. The number of fused-ring (bicyclic) bond motifs is 1. The molecular weight excluding hydrogens is 384 g/mol. The Balaban J connectivity index is 1.59. The quantitative estimate of drug-likeness (QED) is 0.511. The number of carbonyl (C=O) groups is 1. The van der Waals surface area contributed by atoms with Crippen molar-refractivity contribution in [3.8, 4) is 0 Å². The van der Waals surface area contributed by atoms with Crippen molar-refractivity contribution in [2.45, 2.75) is 39.7 Å². The molecule has 9 heteroatoms. The topological polar surface area (TPSA) is 106 Å². The summed E-state index contributed by atoms with van der Waals surface area (Å²) in [4.78, 5) is 30.0. The molecule has 1 N–H and O–H groups in total. The maximum Gasteiger partial charge on any atom is 0.312 e. The minimum atomic E-state index is -0.468. The lowest BCUT2D eigenvalue weighted by molar-refractivity contribution is -0.386. The molecule has 1 aliphatic heterocycles. The molecule has 0 unspecified atom stereocenters. The van der Waals surface area contributed by atoms with Gasteiger partial charge in [-0.05, 0) is 51.3 Å². The molecule has 0 atom stereocenters. The van der Waals surface area contributed by atoms with E-state index in [2.05, 4.69) is 20.3 Å². The van der Waals surface area contributed by atoms with Crippen molar-refractivity contribution in [2.75, 3.05) is 23.3 Å². The largest absolute Gasteiger partial charge is 0.371 e. The highest BCUT2D eigenvalue weighted by molar-refractivity contribution is 6.06. The number of hydrogen-bond donors (Lipinski definition) is 1. The van der Waals surface area contributed by atoms with Crippen molar-refractivity contribution in [1.29, 1.82) is 0 Å². The third-order valence-corrected chi connectivity index (χ3v) is 5.59. The van der Waals surface area contributed by atoms with Gasteiger partial charge in [-0.1, -0.05) is 0 Å². The number of rotatable bonds is 5. The predicted molar refractivity (Wildman–Crippen MR) is 115 cm³/mol. The van der Waals surface area contributed by atoms with Gasteiger partial charge in [0.1, 0.15) is 17.9 Å². The van der Waals surface area contributed by atoms with Gasteiger partial charge in [-0.3, -0.25) is 24.6 Å². The summed E-state index contributed by atoms with van der Waals surface area (Å²) in [5, 5.41) is 20.2. The summed E-state index contributed by atoms with van der Waals surface area (Å²) in [6.07, 6.45) is 7.14. The van der Waals surface area contributed by atoms with Gasteiger partial charge >= 0.3 is 5.69 Å². The number of nitro groups is 1. The molecule has 3 heterocycles. The molecule has 4 rings (SSSR count). The van der Waals surface area contributed by atoms with Gasteiger partial charge in [0.2, 0.25) is 5.91 Å². The Hall–Kier alpha value is -3.49. The summed E-state index contributed by atoms with van der Waals surface area (Å²) in [6.45, 7) is 5.12. The van der Waals surface area contributed by atoms with Crippen LogP contribution < -0.4 is 10.2 Å². The predicted octanol–water partition coefficient (Wildman–Crippen LogP) is 3.59. The second-order valence-electron chi connectivity index (χ2n) is 7.58. The summed E-state index contributed by atoms with van der Waals surface area (Å²) in [5.41, 5.74) is 2.42. The van der Waals surface area contributed by atoms with Crippen LogP contribution in [0.3, 0.4) is 0 Å². The number of amides is 1. The number of nitrogens with zero attached hydrogens (tertiary/aromatic N) is 5.